The Bertz CT molecular complexity index is 266. The zero-order valence-corrected chi connectivity index (χ0v) is 10.4. The molecule has 2 saturated heterocycles. The molecule has 5 heteroatoms. The second-order valence-corrected chi connectivity index (χ2v) is 4.91. The number of nitrogens with one attached hydrogen (secondary N) is 1. The van der Waals surface area contributed by atoms with Gasteiger partial charge in [0.15, 0.2) is 0 Å². The quantitative estimate of drug-likeness (QED) is 0.730. The van der Waals surface area contributed by atoms with Crippen molar-refractivity contribution >= 4 is 5.91 Å². The summed E-state index contributed by atoms with van der Waals surface area (Å²) in [5.74, 6) is 0.0811. The first-order chi connectivity index (χ1) is 8.18. The Balaban J connectivity index is 1.75. The highest BCUT2D eigenvalue weighted by atomic mass is 16.6. The van der Waals surface area contributed by atoms with Crippen molar-refractivity contribution in [3.8, 4) is 0 Å². The highest BCUT2D eigenvalue weighted by molar-refractivity contribution is 5.73. The normalized spacial score (nSPS) is 30.8. The predicted molar refractivity (Wildman–Crippen MR) is 61.9 cm³/mol. The second kappa shape index (κ2) is 5.80. The summed E-state index contributed by atoms with van der Waals surface area (Å²) in [7, 11) is 0. The molecule has 2 aliphatic rings. The minimum atomic E-state index is -0.994. The molecule has 3 unspecified atom stereocenters. The summed E-state index contributed by atoms with van der Waals surface area (Å²) in [5, 5.41) is 14.9. The van der Waals surface area contributed by atoms with Gasteiger partial charge in [-0.15, -0.1) is 0 Å². The molecule has 0 aromatic rings. The van der Waals surface area contributed by atoms with Crippen molar-refractivity contribution in [1.29, 1.82) is 0 Å². The first-order valence-corrected chi connectivity index (χ1v) is 6.46. The summed E-state index contributed by atoms with van der Waals surface area (Å²) < 4.78 is 5.38. The average Bonchev–Trinajstić information content (AvgIpc) is 2.96. The maximum atomic E-state index is 11.8. The van der Waals surface area contributed by atoms with Crippen LogP contribution in [0.5, 0.6) is 0 Å². The highest BCUT2D eigenvalue weighted by Crippen LogP contribution is 2.19. The van der Waals surface area contributed by atoms with Crippen LogP contribution in [-0.2, 0) is 14.6 Å². The van der Waals surface area contributed by atoms with Crippen molar-refractivity contribution < 1.29 is 14.6 Å². The Morgan fingerprint density at radius 3 is 2.94 bits per heavy atom. The van der Waals surface area contributed by atoms with Crippen LogP contribution in [-0.4, -0.2) is 48.9 Å². The van der Waals surface area contributed by atoms with E-state index in [1.807, 2.05) is 4.90 Å². The molecule has 1 amide bonds. The fourth-order valence-corrected chi connectivity index (χ4v) is 2.69. The molecule has 5 nitrogen and oxygen atoms in total. The van der Waals surface area contributed by atoms with Crippen molar-refractivity contribution in [3.05, 3.63) is 0 Å². The molecule has 1 radical (unpaired) electrons. The lowest BCUT2D eigenvalue weighted by Crippen LogP contribution is -2.41. The van der Waals surface area contributed by atoms with Crippen LogP contribution < -0.4 is 5.32 Å². The molecule has 0 spiro atoms. The van der Waals surface area contributed by atoms with Crippen molar-refractivity contribution in [2.75, 3.05) is 19.7 Å². The molecule has 97 valence electrons. The molecule has 0 aliphatic carbocycles. The van der Waals surface area contributed by atoms with Gasteiger partial charge in [0.25, 0.3) is 0 Å². The molecule has 0 saturated carbocycles. The molecular formula is C12H21N2O3. The van der Waals surface area contributed by atoms with Gasteiger partial charge in [0.2, 0.25) is 12.2 Å². The summed E-state index contributed by atoms with van der Waals surface area (Å²) in [4.78, 5) is 13.2. The third kappa shape index (κ3) is 3.18. The van der Waals surface area contributed by atoms with Crippen molar-refractivity contribution in [2.45, 2.75) is 51.0 Å². The number of hydrogen-bond donors (Lipinski definition) is 1. The molecular weight excluding hydrogens is 220 g/mol. The van der Waals surface area contributed by atoms with Gasteiger partial charge in [0.1, 0.15) is 0 Å². The van der Waals surface area contributed by atoms with E-state index in [2.05, 4.69) is 5.32 Å². The largest absolute Gasteiger partial charge is 0.346 e. The molecule has 0 aromatic heterocycles. The topological polar surface area (TPSA) is 61.5 Å². The summed E-state index contributed by atoms with van der Waals surface area (Å²) in [5.41, 5.74) is 0. The lowest BCUT2D eigenvalue weighted by molar-refractivity contribution is -0.166. The molecule has 0 aromatic carbocycles. The van der Waals surface area contributed by atoms with Crippen LogP contribution in [0.2, 0.25) is 0 Å². The maximum Gasteiger partial charge on any atom is 0.219 e. The Hall–Kier alpha value is -0.650. The molecule has 17 heavy (non-hydrogen) atoms. The smallest absolute Gasteiger partial charge is 0.219 e. The Morgan fingerprint density at radius 2 is 2.29 bits per heavy atom. The molecule has 0 bridgehead atoms. The van der Waals surface area contributed by atoms with Gasteiger partial charge in [-0.25, -0.2) is 5.11 Å². The first-order valence-electron chi connectivity index (χ1n) is 6.46. The number of carbonyl (C=O) groups is 1. The fourth-order valence-electron chi connectivity index (χ4n) is 2.69. The minimum Gasteiger partial charge on any atom is -0.346 e. The zero-order valence-electron chi connectivity index (χ0n) is 10.4. The summed E-state index contributed by atoms with van der Waals surface area (Å²) >= 11 is 0. The Kier molecular flexibility index (Phi) is 4.36. The number of ether oxygens (including phenoxy) is 1. The lowest BCUT2D eigenvalue weighted by atomic mass is 10.2. The van der Waals surface area contributed by atoms with Gasteiger partial charge in [-0.3, -0.25) is 4.79 Å². The van der Waals surface area contributed by atoms with Crippen molar-refractivity contribution in [1.82, 2.24) is 10.2 Å². The van der Waals surface area contributed by atoms with Crippen LogP contribution >= 0.6 is 0 Å². The van der Waals surface area contributed by atoms with E-state index in [1.165, 1.54) is 0 Å². The van der Waals surface area contributed by atoms with Crippen LogP contribution in [0.1, 0.15) is 32.6 Å². The van der Waals surface area contributed by atoms with E-state index in [1.54, 1.807) is 6.92 Å². The van der Waals surface area contributed by atoms with E-state index in [0.717, 1.165) is 38.8 Å². The van der Waals surface area contributed by atoms with Crippen molar-refractivity contribution in [3.63, 3.8) is 0 Å². The lowest BCUT2D eigenvalue weighted by Gasteiger charge is -2.25. The molecule has 3 atom stereocenters. The van der Waals surface area contributed by atoms with E-state index in [0.29, 0.717) is 6.61 Å². The monoisotopic (exact) mass is 241 g/mol. The molecule has 2 rings (SSSR count). The van der Waals surface area contributed by atoms with E-state index >= 15 is 0 Å². The number of nitrogens with zero attached hydrogens (tertiary/aromatic N) is 1. The van der Waals surface area contributed by atoms with Gasteiger partial charge in [-0.2, -0.15) is 0 Å². The van der Waals surface area contributed by atoms with E-state index in [9.17, 15) is 9.90 Å². The van der Waals surface area contributed by atoms with Crippen molar-refractivity contribution in [2.24, 2.45) is 0 Å². The minimum absolute atomic E-state index is 0.0535. The van der Waals surface area contributed by atoms with Crippen LogP contribution in [0.15, 0.2) is 0 Å². The molecule has 2 heterocycles. The maximum absolute atomic E-state index is 11.8. The van der Waals surface area contributed by atoms with E-state index in [-0.39, 0.29) is 18.0 Å². The van der Waals surface area contributed by atoms with Crippen LogP contribution in [0.4, 0.5) is 0 Å². The molecule has 1 N–H and O–H groups in total. The number of likely N-dealkylation sites (tertiary alicyclic amines) is 1. The number of hydrogen-bond acceptors (Lipinski definition) is 3. The fraction of sp³-hybridized carbons (Fsp3) is 0.917. The van der Waals surface area contributed by atoms with Gasteiger partial charge in [0.05, 0.1) is 18.7 Å². The Labute approximate surface area is 102 Å². The summed E-state index contributed by atoms with van der Waals surface area (Å²) in [6.45, 7) is 3.67. The number of amides is 1. The van der Waals surface area contributed by atoms with E-state index in [4.69, 9.17) is 4.74 Å². The average molecular weight is 241 g/mol. The molecule has 2 aliphatic heterocycles. The third-order valence-corrected chi connectivity index (χ3v) is 3.66. The first kappa shape index (κ1) is 12.8. The Morgan fingerprint density at radius 1 is 1.47 bits per heavy atom. The standard InChI is InChI=1S/C12H21N2O3/c1-9(15)14-7-3-4-10(14)8-17-12(16)11-5-2-6-13-11/h10-13H,2-8H2,1H3. The van der Waals surface area contributed by atoms with Crippen LogP contribution in [0, 0.1) is 0 Å². The van der Waals surface area contributed by atoms with Crippen LogP contribution in [0.25, 0.3) is 0 Å². The highest BCUT2D eigenvalue weighted by Gasteiger charge is 2.30. The predicted octanol–water partition coefficient (Wildman–Crippen LogP) is 0.522. The van der Waals surface area contributed by atoms with E-state index < -0.39 is 6.29 Å². The van der Waals surface area contributed by atoms with Gasteiger partial charge >= 0.3 is 0 Å². The summed E-state index contributed by atoms with van der Waals surface area (Å²) in [6, 6.07) is 0.0486. The SMILES string of the molecule is CC(=O)N1CCCC1COC([O])C1CCCN1. The van der Waals surface area contributed by atoms with Gasteiger partial charge in [-0.05, 0) is 32.2 Å². The summed E-state index contributed by atoms with van der Waals surface area (Å²) in [6.07, 6.45) is 2.92. The zero-order chi connectivity index (χ0) is 12.3. The molecule has 2 fully saturated rings. The van der Waals surface area contributed by atoms with Gasteiger partial charge in [-0.1, -0.05) is 0 Å². The van der Waals surface area contributed by atoms with Gasteiger partial charge < -0.3 is 15.0 Å². The number of carbonyl (C=O) groups excluding carboxylic acids is 1. The second-order valence-electron chi connectivity index (χ2n) is 4.91. The van der Waals surface area contributed by atoms with Crippen LogP contribution in [0.3, 0.4) is 0 Å². The number of rotatable bonds is 4. The third-order valence-electron chi connectivity index (χ3n) is 3.66. The van der Waals surface area contributed by atoms with Gasteiger partial charge in [0, 0.05) is 13.5 Å².